The molecule has 0 aliphatic heterocycles. The van der Waals surface area contributed by atoms with Crippen LogP contribution in [0.4, 0.5) is 26.3 Å². The van der Waals surface area contributed by atoms with Crippen molar-refractivity contribution in [3.63, 3.8) is 0 Å². The fourth-order valence-electron chi connectivity index (χ4n) is 3.40. The number of hydrogen-bond donors (Lipinski definition) is 2. The molecule has 3 rings (SSSR count). The highest BCUT2D eigenvalue weighted by atomic mass is 19.4. The van der Waals surface area contributed by atoms with Crippen molar-refractivity contribution < 1.29 is 36.2 Å². The van der Waals surface area contributed by atoms with Gasteiger partial charge in [0.25, 0.3) is 0 Å². The molecule has 1 atom stereocenters. The van der Waals surface area contributed by atoms with Crippen molar-refractivity contribution in [2.75, 3.05) is 13.7 Å². The molecule has 10 heteroatoms. The zero-order chi connectivity index (χ0) is 25.6. The highest BCUT2D eigenvalue weighted by Gasteiger charge is 2.37. The molecular weight excluding hydrogens is 474 g/mol. The summed E-state index contributed by atoms with van der Waals surface area (Å²) >= 11 is 0. The van der Waals surface area contributed by atoms with Gasteiger partial charge in [-0.05, 0) is 23.8 Å². The third kappa shape index (κ3) is 6.98. The van der Waals surface area contributed by atoms with Gasteiger partial charge in [-0.3, -0.25) is 0 Å². The Hall–Kier alpha value is -3.53. The average molecular weight is 496 g/mol. The monoisotopic (exact) mass is 496 g/mol. The number of pyridine rings is 1. The van der Waals surface area contributed by atoms with E-state index in [1.165, 1.54) is 19.4 Å². The maximum Gasteiger partial charge on any atom is 0.433 e. The second kappa shape index (κ2) is 10.8. The molecule has 0 aliphatic rings. The number of aliphatic hydroxyl groups is 1. The van der Waals surface area contributed by atoms with E-state index < -0.39 is 35.3 Å². The number of nitrogens with one attached hydrogen (secondary N) is 1. The number of ether oxygens (including phenoxy) is 1. The van der Waals surface area contributed by atoms with Crippen LogP contribution in [0.5, 0.6) is 0 Å². The van der Waals surface area contributed by atoms with Gasteiger partial charge in [0.1, 0.15) is 6.26 Å². The molecule has 0 unspecified atom stereocenters. The minimum Gasteiger partial charge on any atom is -0.503 e. The Morgan fingerprint density at radius 3 is 2.17 bits per heavy atom. The van der Waals surface area contributed by atoms with Crippen LogP contribution in [-0.4, -0.2) is 23.7 Å². The summed E-state index contributed by atoms with van der Waals surface area (Å²) in [6.07, 6.45) is -9.24. The first kappa shape index (κ1) is 26.1. The smallest absolute Gasteiger partial charge is 0.433 e. The number of halogens is 6. The molecule has 186 valence electrons. The van der Waals surface area contributed by atoms with E-state index in [1.807, 2.05) is 30.3 Å². The molecule has 0 fully saturated rings. The van der Waals surface area contributed by atoms with Gasteiger partial charge in [0.2, 0.25) is 0 Å². The normalized spacial score (nSPS) is 13.4. The lowest BCUT2D eigenvalue weighted by Crippen LogP contribution is -2.25. The topological polar surface area (TPSA) is 54.4 Å². The lowest BCUT2D eigenvalue weighted by Gasteiger charge is -2.20. The largest absolute Gasteiger partial charge is 0.503 e. The molecule has 0 radical (unpaired) electrons. The zero-order valence-electron chi connectivity index (χ0n) is 18.5. The van der Waals surface area contributed by atoms with Crippen molar-refractivity contribution in [3.8, 4) is 11.3 Å². The van der Waals surface area contributed by atoms with Crippen LogP contribution in [0, 0.1) is 0 Å². The summed E-state index contributed by atoms with van der Waals surface area (Å²) in [6, 6.07) is 15.2. The molecule has 0 amide bonds. The lowest BCUT2D eigenvalue weighted by molar-refractivity contribution is -0.142. The number of hydrogen-bond acceptors (Lipinski definition) is 4. The Bertz CT molecular complexity index is 1140. The van der Waals surface area contributed by atoms with Gasteiger partial charge in [-0.2, -0.15) is 26.3 Å². The first-order valence-corrected chi connectivity index (χ1v) is 10.4. The fraction of sp³-hybridized carbons (Fsp3) is 0.240. The minimum atomic E-state index is -4.90. The summed E-state index contributed by atoms with van der Waals surface area (Å²) < 4.78 is 84.6. The summed E-state index contributed by atoms with van der Waals surface area (Å²) in [5.41, 5.74) is -1.32. The maximum absolute atomic E-state index is 13.8. The van der Waals surface area contributed by atoms with Crippen molar-refractivity contribution in [3.05, 3.63) is 101 Å². The summed E-state index contributed by atoms with van der Waals surface area (Å²) in [4.78, 5) is 3.62. The fourth-order valence-corrected chi connectivity index (χ4v) is 3.40. The number of aliphatic hydroxyl groups excluding tert-OH is 1. The van der Waals surface area contributed by atoms with Gasteiger partial charge < -0.3 is 15.2 Å². The number of alkyl halides is 6. The third-order valence-corrected chi connectivity index (χ3v) is 5.08. The molecule has 0 spiro atoms. The quantitative estimate of drug-likeness (QED) is 0.291. The number of methoxy groups -OCH3 is 1. The van der Waals surface area contributed by atoms with E-state index in [0.29, 0.717) is 12.1 Å². The van der Waals surface area contributed by atoms with Gasteiger partial charge in [-0.25, -0.2) is 4.98 Å². The Labute approximate surface area is 197 Å². The second-order valence-electron chi connectivity index (χ2n) is 7.65. The zero-order valence-corrected chi connectivity index (χ0v) is 18.5. The van der Waals surface area contributed by atoms with E-state index >= 15 is 0 Å². The summed E-state index contributed by atoms with van der Waals surface area (Å²) in [5.74, 6) is 0. The number of rotatable bonds is 8. The number of benzene rings is 2. The van der Waals surface area contributed by atoms with Crippen LogP contribution < -0.4 is 5.32 Å². The van der Waals surface area contributed by atoms with E-state index in [-0.39, 0.29) is 17.8 Å². The van der Waals surface area contributed by atoms with Gasteiger partial charge in [0.05, 0.1) is 30.2 Å². The van der Waals surface area contributed by atoms with Crippen molar-refractivity contribution >= 4 is 0 Å². The van der Waals surface area contributed by atoms with E-state index in [9.17, 15) is 31.4 Å². The first-order chi connectivity index (χ1) is 16.5. The summed E-state index contributed by atoms with van der Waals surface area (Å²) in [7, 11) is 1.43. The van der Waals surface area contributed by atoms with Gasteiger partial charge in [-0.15, -0.1) is 0 Å². The molecule has 0 aliphatic carbocycles. The Kier molecular flexibility index (Phi) is 8.06. The molecule has 0 saturated heterocycles. The van der Waals surface area contributed by atoms with Crippen LogP contribution in [-0.2, 0) is 23.5 Å². The Morgan fingerprint density at radius 1 is 0.943 bits per heavy atom. The summed E-state index contributed by atoms with van der Waals surface area (Å²) in [5, 5.41) is 13.4. The molecule has 0 saturated carbocycles. The van der Waals surface area contributed by atoms with Crippen molar-refractivity contribution in [2.24, 2.45) is 0 Å². The van der Waals surface area contributed by atoms with E-state index in [2.05, 4.69) is 10.3 Å². The van der Waals surface area contributed by atoms with Crippen molar-refractivity contribution in [2.45, 2.75) is 24.9 Å². The molecule has 2 aromatic carbocycles. The summed E-state index contributed by atoms with van der Waals surface area (Å²) in [6.45, 7) is -0.258. The molecule has 1 aromatic heterocycles. The minimum absolute atomic E-state index is 0.0795. The molecule has 1 heterocycles. The first-order valence-electron chi connectivity index (χ1n) is 10.4. The Balaban J connectivity index is 1.82. The maximum atomic E-state index is 13.8. The van der Waals surface area contributed by atoms with Gasteiger partial charge in [-0.1, -0.05) is 48.5 Å². The highest BCUT2D eigenvalue weighted by molar-refractivity contribution is 5.60. The van der Waals surface area contributed by atoms with Crippen molar-refractivity contribution in [1.82, 2.24) is 10.3 Å². The molecule has 4 nitrogen and oxygen atoms in total. The van der Waals surface area contributed by atoms with E-state index in [1.54, 1.807) is 0 Å². The Morgan fingerprint density at radius 2 is 1.60 bits per heavy atom. The van der Waals surface area contributed by atoms with Crippen LogP contribution >= 0.6 is 0 Å². The second-order valence-corrected chi connectivity index (χ2v) is 7.65. The van der Waals surface area contributed by atoms with Gasteiger partial charge in [0.15, 0.2) is 5.69 Å². The SMILES string of the molecule is CO/C=C(\Cc1ccccc1)NC[C@@H](O)c1ccc(-c2ccc(C(F)(F)F)cc2)nc1C(F)(F)F. The average Bonchev–Trinajstić information content (AvgIpc) is 2.82. The number of nitrogens with zero attached hydrogens (tertiary/aromatic N) is 1. The third-order valence-electron chi connectivity index (χ3n) is 5.08. The van der Waals surface area contributed by atoms with Crippen LogP contribution in [0.2, 0.25) is 0 Å². The van der Waals surface area contributed by atoms with Gasteiger partial charge in [0, 0.05) is 24.1 Å². The highest BCUT2D eigenvalue weighted by Crippen LogP contribution is 2.36. The molecular formula is C25H22F6N2O2. The predicted molar refractivity (Wildman–Crippen MR) is 118 cm³/mol. The molecule has 2 N–H and O–H groups in total. The number of allylic oxidation sites excluding steroid dienone is 1. The lowest BCUT2D eigenvalue weighted by atomic mass is 10.0. The van der Waals surface area contributed by atoms with Gasteiger partial charge >= 0.3 is 12.4 Å². The van der Waals surface area contributed by atoms with Crippen LogP contribution in [0.25, 0.3) is 11.3 Å². The van der Waals surface area contributed by atoms with Crippen LogP contribution in [0.1, 0.15) is 28.5 Å². The van der Waals surface area contributed by atoms with E-state index in [4.69, 9.17) is 4.74 Å². The van der Waals surface area contributed by atoms with Crippen molar-refractivity contribution in [1.29, 1.82) is 0 Å². The van der Waals surface area contributed by atoms with E-state index in [0.717, 1.165) is 35.9 Å². The van der Waals surface area contributed by atoms with Crippen LogP contribution in [0.15, 0.2) is 78.7 Å². The number of aromatic nitrogens is 1. The molecule has 3 aromatic rings. The predicted octanol–water partition coefficient (Wildman–Crippen LogP) is 6.14. The molecule has 35 heavy (non-hydrogen) atoms. The van der Waals surface area contributed by atoms with Crippen LogP contribution in [0.3, 0.4) is 0 Å². The standard InChI is InChI=1S/C25H22F6N2O2/c1-35-15-19(13-16-5-3-2-4-6-16)32-14-22(34)20-11-12-21(33-23(20)25(29,30)31)17-7-9-18(10-8-17)24(26,27)28/h2-12,15,22,32,34H,13-14H2,1H3/b19-15+/t22-/m1/s1. The molecule has 0 bridgehead atoms.